The van der Waals surface area contributed by atoms with Crippen molar-refractivity contribution in [3.63, 3.8) is 0 Å². The molecule has 172 valence electrons. The normalized spacial score (nSPS) is 19.8. The summed E-state index contributed by atoms with van der Waals surface area (Å²) in [5.74, 6) is 0.901. The van der Waals surface area contributed by atoms with Gasteiger partial charge in [-0.2, -0.15) is 0 Å². The number of hydrogen-bond donors (Lipinski definition) is 1. The molecule has 2 aromatic rings. The molecule has 2 aliphatic rings. The van der Waals surface area contributed by atoms with Gasteiger partial charge in [-0.3, -0.25) is 9.69 Å². The maximum absolute atomic E-state index is 12.9. The van der Waals surface area contributed by atoms with Crippen molar-refractivity contribution in [2.75, 3.05) is 25.1 Å². The average molecular weight is 450 g/mol. The lowest BCUT2D eigenvalue weighted by Gasteiger charge is -2.30. The first-order valence-electron chi connectivity index (χ1n) is 10.6. The van der Waals surface area contributed by atoms with Gasteiger partial charge >= 0.3 is 6.36 Å². The van der Waals surface area contributed by atoms with E-state index in [-0.39, 0.29) is 17.7 Å². The van der Waals surface area contributed by atoms with Crippen molar-refractivity contribution in [2.45, 2.75) is 44.6 Å². The fraction of sp³-hybridized carbons (Fsp3) is 0.435. The second-order valence-corrected chi connectivity index (χ2v) is 7.89. The second-order valence-electron chi connectivity index (χ2n) is 7.89. The number of alkyl halides is 3. The Balaban J connectivity index is 1.42. The van der Waals surface area contributed by atoms with E-state index in [1.54, 1.807) is 0 Å². The summed E-state index contributed by atoms with van der Waals surface area (Å²) in [4.78, 5) is 15.0. The molecule has 1 amide bonds. The number of likely N-dealkylation sites (tertiary alicyclic amines) is 1. The number of amides is 1. The van der Waals surface area contributed by atoms with Gasteiger partial charge in [0.1, 0.15) is 5.75 Å². The number of nitrogens with zero attached hydrogens (tertiary/aromatic N) is 1. The van der Waals surface area contributed by atoms with Crippen LogP contribution in [0.5, 0.6) is 17.2 Å². The molecule has 9 heteroatoms. The largest absolute Gasteiger partial charge is 0.573 e. The van der Waals surface area contributed by atoms with E-state index in [4.69, 9.17) is 9.47 Å². The van der Waals surface area contributed by atoms with Gasteiger partial charge in [-0.1, -0.05) is 6.07 Å². The van der Waals surface area contributed by atoms with Crippen LogP contribution in [-0.2, 0) is 4.79 Å². The van der Waals surface area contributed by atoms with Gasteiger partial charge < -0.3 is 19.5 Å². The number of benzene rings is 2. The standard InChI is InChI=1S/C23H25F3N2O4/c1-15(22(29)27-17-6-8-18(9-7-17)32-23(24,25)26)28-11-2-4-19(28)16-5-10-20-21(14-16)31-13-3-12-30-20/h5-10,14-15,19H,2-4,11-13H2,1H3,(H,27,29)/t15-,19-/m1/s1. The predicted molar refractivity (Wildman–Crippen MR) is 112 cm³/mol. The molecule has 0 unspecified atom stereocenters. The molecular formula is C23H25F3N2O4. The Morgan fingerprint density at radius 3 is 2.53 bits per heavy atom. The maximum atomic E-state index is 12.9. The van der Waals surface area contributed by atoms with Crippen LogP contribution in [0.15, 0.2) is 42.5 Å². The van der Waals surface area contributed by atoms with Crippen LogP contribution in [-0.4, -0.2) is 43.0 Å². The van der Waals surface area contributed by atoms with Gasteiger partial charge in [0, 0.05) is 18.2 Å². The number of carbonyl (C=O) groups excluding carboxylic acids is 1. The fourth-order valence-corrected chi connectivity index (χ4v) is 4.13. The van der Waals surface area contributed by atoms with Gasteiger partial charge in [0.25, 0.3) is 0 Å². The van der Waals surface area contributed by atoms with E-state index in [1.807, 2.05) is 25.1 Å². The molecule has 1 N–H and O–H groups in total. The number of rotatable bonds is 5. The van der Waals surface area contributed by atoms with E-state index in [0.29, 0.717) is 18.9 Å². The second kappa shape index (κ2) is 9.28. The highest BCUT2D eigenvalue weighted by Gasteiger charge is 2.34. The van der Waals surface area contributed by atoms with Crippen molar-refractivity contribution in [1.82, 2.24) is 4.90 Å². The number of fused-ring (bicyclic) bond motifs is 1. The lowest BCUT2D eigenvalue weighted by Crippen LogP contribution is -2.41. The van der Waals surface area contributed by atoms with Crippen molar-refractivity contribution < 1.29 is 32.2 Å². The molecule has 2 aromatic carbocycles. The number of hydrogen-bond acceptors (Lipinski definition) is 5. The Labute approximate surface area is 184 Å². The molecule has 0 aliphatic carbocycles. The molecule has 4 rings (SSSR count). The number of ether oxygens (including phenoxy) is 3. The summed E-state index contributed by atoms with van der Waals surface area (Å²) in [6.07, 6.45) is -2.04. The topological polar surface area (TPSA) is 60.0 Å². The minimum Gasteiger partial charge on any atom is -0.490 e. The van der Waals surface area contributed by atoms with Gasteiger partial charge in [0.05, 0.1) is 19.3 Å². The average Bonchev–Trinajstić information content (AvgIpc) is 3.12. The van der Waals surface area contributed by atoms with Gasteiger partial charge in [-0.15, -0.1) is 13.2 Å². The quantitative estimate of drug-likeness (QED) is 0.702. The minimum absolute atomic E-state index is 0.0652. The first kappa shape index (κ1) is 22.3. The zero-order valence-electron chi connectivity index (χ0n) is 17.7. The van der Waals surface area contributed by atoms with Gasteiger partial charge in [0.2, 0.25) is 5.91 Å². The van der Waals surface area contributed by atoms with E-state index >= 15 is 0 Å². The monoisotopic (exact) mass is 450 g/mol. The Kier molecular flexibility index (Phi) is 6.45. The van der Waals surface area contributed by atoms with Crippen LogP contribution < -0.4 is 19.5 Å². The van der Waals surface area contributed by atoms with E-state index in [1.165, 1.54) is 24.3 Å². The lowest BCUT2D eigenvalue weighted by molar-refractivity contribution is -0.274. The molecule has 2 atom stereocenters. The van der Waals surface area contributed by atoms with Crippen LogP contribution in [0, 0.1) is 0 Å². The zero-order chi connectivity index (χ0) is 22.7. The molecule has 0 aromatic heterocycles. The Hall–Kier alpha value is -2.94. The third-order valence-electron chi connectivity index (χ3n) is 5.68. The van der Waals surface area contributed by atoms with E-state index in [9.17, 15) is 18.0 Å². The highest BCUT2D eigenvalue weighted by atomic mass is 19.4. The summed E-state index contributed by atoms with van der Waals surface area (Å²) in [6, 6.07) is 10.7. The van der Waals surface area contributed by atoms with Gasteiger partial charge in [-0.05, 0) is 68.3 Å². The maximum Gasteiger partial charge on any atom is 0.573 e. The molecule has 6 nitrogen and oxygen atoms in total. The minimum atomic E-state index is -4.75. The highest BCUT2D eigenvalue weighted by Crippen LogP contribution is 2.39. The Morgan fingerprint density at radius 2 is 1.81 bits per heavy atom. The molecule has 32 heavy (non-hydrogen) atoms. The van der Waals surface area contributed by atoms with E-state index in [0.717, 1.165) is 42.9 Å². The first-order valence-corrected chi connectivity index (χ1v) is 10.6. The molecule has 2 heterocycles. The summed E-state index contributed by atoms with van der Waals surface area (Å²) in [5.41, 5.74) is 1.47. The van der Waals surface area contributed by atoms with Crippen LogP contribution in [0.2, 0.25) is 0 Å². The molecule has 0 bridgehead atoms. The summed E-state index contributed by atoms with van der Waals surface area (Å²) in [5, 5.41) is 2.78. The highest BCUT2D eigenvalue weighted by molar-refractivity contribution is 5.94. The van der Waals surface area contributed by atoms with Crippen LogP contribution in [0.1, 0.15) is 37.8 Å². The summed E-state index contributed by atoms with van der Waals surface area (Å²) in [7, 11) is 0. The van der Waals surface area contributed by atoms with Crippen molar-refractivity contribution in [1.29, 1.82) is 0 Å². The van der Waals surface area contributed by atoms with Crippen LogP contribution in [0.4, 0.5) is 18.9 Å². The van der Waals surface area contributed by atoms with Crippen LogP contribution in [0.25, 0.3) is 0 Å². The van der Waals surface area contributed by atoms with Crippen LogP contribution >= 0.6 is 0 Å². The number of carbonyl (C=O) groups is 1. The number of anilines is 1. The summed E-state index contributed by atoms with van der Waals surface area (Å²) < 4.78 is 52.3. The molecular weight excluding hydrogens is 425 g/mol. The fourth-order valence-electron chi connectivity index (χ4n) is 4.13. The predicted octanol–water partition coefficient (Wildman–Crippen LogP) is 4.91. The van der Waals surface area contributed by atoms with Gasteiger partial charge in [-0.25, -0.2) is 0 Å². The molecule has 1 fully saturated rings. The van der Waals surface area contributed by atoms with Crippen molar-refractivity contribution in [3.05, 3.63) is 48.0 Å². The van der Waals surface area contributed by atoms with Crippen LogP contribution in [0.3, 0.4) is 0 Å². The number of halogens is 3. The van der Waals surface area contributed by atoms with Crippen molar-refractivity contribution in [2.24, 2.45) is 0 Å². The third-order valence-corrected chi connectivity index (χ3v) is 5.68. The number of nitrogens with one attached hydrogen (secondary N) is 1. The Bertz CT molecular complexity index is 949. The van der Waals surface area contributed by atoms with E-state index in [2.05, 4.69) is 15.0 Å². The SMILES string of the molecule is C[C@H](C(=O)Nc1ccc(OC(F)(F)F)cc1)N1CCC[C@@H]1c1ccc2c(c1)OCCCO2. The molecule has 2 aliphatic heterocycles. The Morgan fingerprint density at radius 1 is 1.09 bits per heavy atom. The zero-order valence-corrected chi connectivity index (χ0v) is 17.7. The van der Waals surface area contributed by atoms with Crippen molar-refractivity contribution in [3.8, 4) is 17.2 Å². The van der Waals surface area contributed by atoms with Gasteiger partial charge in [0.15, 0.2) is 11.5 Å². The molecule has 0 saturated carbocycles. The summed E-state index contributed by atoms with van der Waals surface area (Å²) >= 11 is 0. The first-order chi connectivity index (χ1) is 15.3. The summed E-state index contributed by atoms with van der Waals surface area (Å²) in [6.45, 7) is 3.84. The van der Waals surface area contributed by atoms with Crippen molar-refractivity contribution >= 4 is 11.6 Å². The molecule has 0 radical (unpaired) electrons. The third kappa shape index (κ3) is 5.27. The van der Waals surface area contributed by atoms with E-state index < -0.39 is 12.4 Å². The molecule has 1 saturated heterocycles. The molecule has 0 spiro atoms. The lowest BCUT2D eigenvalue weighted by atomic mass is 10.0. The smallest absolute Gasteiger partial charge is 0.490 e.